The fourth-order valence-corrected chi connectivity index (χ4v) is 3.49. The highest BCUT2D eigenvalue weighted by Crippen LogP contribution is 2.24. The average molecular weight is 415 g/mol. The minimum atomic E-state index is 0.0164. The van der Waals surface area contributed by atoms with Crippen molar-refractivity contribution >= 4 is 28.1 Å². The number of hydrogen-bond donors (Lipinski definition) is 1. The summed E-state index contributed by atoms with van der Waals surface area (Å²) in [6, 6.07) is 15.8. The lowest BCUT2D eigenvalue weighted by Gasteiger charge is -2.19. The number of carbonyl (C=O) groups excluding carboxylic acids is 1. The maximum Gasteiger partial charge on any atom is 0.243 e. The van der Waals surface area contributed by atoms with Crippen molar-refractivity contribution in [3.8, 4) is 5.75 Å². The molecule has 1 fully saturated rings. The van der Waals surface area contributed by atoms with Crippen molar-refractivity contribution in [1.29, 1.82) is 0 Å². The molecule has 0 aromatic heterocycles. The number of hydrazone groups is 1. The van der Waals surface area contributed by atoms with Gasteiger partial charge in [-0.3, -0.25) is 4.79 Å². The van der Waals surface area contributed by atoms with Gasteiger partial charge in [-0.05, 0) is 36.6 Å². The van der Waals surface area contributed by atoms with E-state index in [1.165, 1.54) is 6.42 Å². The number of benzene rings is 2. The Morgan fingerprint density at radius 3 is 2.69 bits per heavy atom. The Morgan fingerprint density at radius 2 is 1.92 bits per heavy atom. The van der Waals surface area contributed by atoms with Crippen molar-refractivity contribution in [2.45, 2.75) is 38.7 Å². The molecule has 0 spiro atoms. The van der Waals surface area contributed by atoms with Crippen molar-refractivity contribution in [3.63, 3.8) is 0 Å². The lowest BCUT2D eigenvalue weighted by Crippen LogP contribution is -2.28. The molecule has 0 bridgehead atoms. The minimum Gasteiger partial charge on any atom is -0.488 e. The lowest BCUT2D eigenvalue weighted by molar-refractivity contribution is -0.125. The van der Waals surface area contributed by atoms with E-state index in [1.807, 2.05) is 48.5 Å². The molecule has 0 heterocycles. The van der Waals surface area contributed by atoms with Gasteiger partial charge in [-0.25, -0.2) is 5.43 Å². The quantitative estimate of drug-likeness (QED) is 0.530. The molecule has 0 atom stereocenters. The monoisotopic (exact) mass is 414 g/mol. The Balaban J connectivity index is 1.62. The number of ether oxygens (including phenoxy) is 1. The predicted molar refractivity (Wildman–Crippen MR) is 107 cm³/mol. The van der Waals surface area contributed by atoms with Crippen LogP contribution in [0.5, 0.6) is 5.75 Å². The highest BCUT2D eigenvalue weighted by Gasteiger charge is 2.20. The van der Waals surface area contributed by atoms with Crippen molar-refractivity contribution in [1.82, 2.24) is 5.43 Å². The van der Waals surface area contributed by atoms with Gasteiger partial charge in [0.2, 0.25) is 5.91 Å². The molecule has 2 aromatic carbocycles. The first kappa shape index (κ1) is 18.6. The van der Waals surface area contributed by atoms with E-state index in [2.05, 4.69) is 26.5 Å². The fraction of sp³-hybridized carbons (Fsp3) is 0.333. The Morgan fingerprint density at radius 1 is 1.15 bits per heavy atom. The maximum absolute atomic E-state index is 12.2. The van der Waals surface area contributed by atoms with Crippen LogP contribution in [0.4, 0.5) is 0 Å². The third-order valence-electron chi connectivity index (χ3n) is 4.56. The molecule has 2 aromatic rings. The smallest absolute Gasteiger partial charge is 0.243 e. The highest BCUT2D eigenvalue weighted by atomic mass is 79.9. The molecular weight excluding hydrogens is 392 g/mol. The predicted octanol–water partition coefficient (Wildman–Crippen LogP) is 5.06. The number of hydrogen-bond acceptors (Lipinski definition) is 3. The maximum atomic E-state index is 12.2. The van der Waals surface area contributed by atoms with Crippen molar-refractivity contribution in [3.05, 3.63) is 64.1 Å². The Kier molecular flexibility index (Phi) is 6.83. The van der Waals surface area contributed by atoms with Gasteiger partial charge in [0.05, 0.1) is 6.21 Å². The minimum absolute atomic E-state index is 0.0164. The van der Waals surface area contributed by atoms with Crippen LogP contribution in [-0.2, 0) is 11.4 Å². The second-order valence-corrected chi connectivity index (χ2v) is 7.44. The first-order chi connectivity index (χ1) is 12.7. The zero-order valence-corrected chi connectivity index (χ0v) is 16.2. The van der Waals surface area contributed by atoms with Crippen LogP contribution >= 0.6 is 15.9 Å². The van der Waals surface area contributed by atoms with Crippen LogP contribution in [0.3, 0.4) is 0 Å². The fourth-order valence-electron chi connectivity index (χ4n) is 3.11. The molecule has 0 aliphatic heterocycles. The summed E-state index contributed by atoms with van der Waals surface area (Å²) >= 11 is 3.47. The standard InChI is InChI=1S/C21H23BrN2O2/c22-19-11-12-20(26-15-16-7-3-1-4-8-16)18(13-19)14-23-24-21(25)17-9-5-2-6-10-17/h1,3-4,7-8,11-14,17H,2,5-6,9-10,15H2,(H,24,25)/b23-14-. The van der Waals surface area contributed by atoms with Crippen molar-refractivity contribution in [2.24, 2.45) is 11.0 Å². The Hall–Kier alpha value is -2.14. The van der Waals surface area contributed by atoms with E-state index < -0.39 is 0 Å². The lowest BCUT2D eigenvalue weighted by atomic mass is 9.89. The zero-order chi connectivity index (χ0) is 18.2. The molecule has 4 nitrogen and oxygen atoms in total. The van der Waals surface area contributed by atoms with Crippen LogP contribution in [0.15, 0.2) is 58.1 Å². The second kappa shape index (κ2) is 9.53. The summed E-state index contributed by atoms with van der Waals surface area (Å²) in [6.07, 6.45) is 7.06. The number of nitrogens with one attached hydrogen (secondary N) is 1. The van der Waals surface area contributed by atoms with E-state index in [0.29, 0.717) is 6.61 Å². The number of amides is 1. The van der Waals surface area contributed by atoms with E-state index >= 15 is 0 Å². The topological polar surface area (TPSA) is 50.7 Å². The summed E-state index contributed by atoms with van der Waals surface area (Å²) in [4.78, 5) is 12.2. The van der Waals surface area contributed by atoms with E-state index in [1.54, 1.807) is 6.21 Å². The summed E-state index contributed by atoms with van der Waals surface area (Å²) in [5.41, 5.74) is 4.60. The second-order valence-electron chi connectivity index (χ2n) is 6.53. The molecule has 136 valence electrons. The molecule has 0 unspecified atom stereocenters. The molecule has 1 N–H and O–H groups in total. The Labute approximate surface area is 162 Å². The van der Waals surface area contributed by atoms with Gasteiger partial charge in [-0.15, -0.1) is 0 Å². The van der Waals surface area contributed by atoms with Crippen LogP contribution in [-0.4, -0.2) is 12.1 Å². The van der Waals surface area contributed by atoms with E-state index in [4.69, 9.17) is 4.74 Å². The normalized spacial score (nSPS) is 15.1. The first-order valence-electron chi connectivity index (χ1n) is 9.01. The van der Waals surface area contributed by atoms with E-state index in [-0.39, 0.29) is 11.8 Å². The van der Waals surface area contributed by atoms with Gasteiger partial charge in [0.25, 0.3) is 0 Å². The number of carbonyl (C=O) groups is 1. The molecule has 5 heteroatoms. The third kappa shape index (κ3) is 5.43. The number of rotatable bonds is 6. The molecular formula is C21H23BrN2O2. The molecule has 26 heavy (non-hydrogen) atoms. The molecule has 1 aliphatic rings. The summed E-state index contributed by atoms with van der Waals surface area (Å²) in [5, 5.41) is 4.15. The summed E-state index contributed by atoms with van der Waals surface area (Å²) < 4.78 is 6.86. The molecule has 0 radical (unpaired) electrons. The number of nitrogens with zero attached hydrogens (tertiary/aromatic N) is 1. The van der Waals surface area contributed by atoms with Crippen LogP contribution in [0.25, 0.3) is 0 Å². The first-order valence-corrected chi connectivity index (χ1v) is 9.81. The van der Waals surface area contributed by atoms with Crippen molar-refractivity contribution in [2.75, 3.05) is 0 Å². The van der Waals surface area contributed by atoms with Gasteiger partial charge < -0.3 is 4.74 Å². The Bertz CT molecular complexity index is 756. The highest BCUT2D eigenvalue weighted by molar-refractivity contribution is 9.10. The largest absolute Gasteiger partial charge is 0.488 e. The zero-order valence-electron chi connectivity index (χ0n) is 14.7. The van der Waals surface area contributed by atoms with E-state index in [9.17, 15) is 4.79 Å². The van der Waals surface area contributed by atoms with Gasteiger partial charge in [-0.2, -0.15) is 5.10 Å². The summed E-state index contributed by atoms with van der Waals surface area (Å²) in [5.74, 6) is 0.840. The van der Waals surface area contributed by atoms with Gasteiger partial charge >= 0.3 is 0 Å². The van der Waals surface area contributed by atoms with Gasteiger partial charge in [0, 0.05) is 16.0 Å². The van der Waals surface area contributed by atoms with Crippen LogP contribution < -0.4 is 10.2 Å². The SMILES string of the molecule is O=C(N/N=C\c1cc(Br)ccc1OCc1ccccc1)C1CCCCC1. The van der Waals surface area contributed by atoms with E-state index in [0.717, 1.165) is 47.0 Å². The van der Waals surface area contributed by atoms with Crippen LogP contribution in [0, 0.1) is 5.92 Å². The molecule has 1 amide bonds. The number of halogens is 1. The van der Waals surface area contributed by atoms with Gasteiger partial charge in [0.1, 0.15) is 12.4 Å². The molecule has 0 saturated heterocycles. The molecule has 1 saturated carbocycles. The molecule has 3 rings (SSSR count). The third-order valence-corrected chi connectivity index (χ3v) is 5.06. The average Bonchev–Trinajstić information content (AvgIpc) is 2.69. The van der Waals surface area contributed by atoms with Crippen molar-refractivity contribution < 1.29 is 9.53 Å². The summed E-state index contributed by atoms with van der Waals surface area (Å²) in [7, 11) is 0. The van der Waals surface area contributed by atoms with Gasteiger partial charge in [0.15, 0.2) is 0 Å². The van der Waals surface area contributed by atoms with Gasteiger partial charge in [-0.1, -0.05) is 65.5 Å². The molecule has 1 aliphatic carbocycles. The van der Waals surface area contributed by atoms with Crippen LogP contribution in [0.2, 0.25) is 0 Å². The summed E-state index contributed by atoms with van der Waals surface area (Å²) in [6.45, 7) is 0.484. The van der Waals surface area contributed by atoms with Crippen LogP contribution in [0.1, 0.15) is 43.2 Å².